The van der Waals surface area contributed by atoms with Crippen molar-refractivity contribution in [3.05, 3.63) is 87.5 Å². The van der Waals surface area contributed by atoms with Crippen LogP contribution in [-0.2, 0) is 81.8 Å². The van der Waals surface area contributed by atoms with Crippen molar-refractivity contribution in [1.82, 2.24) is 62.5 Å². The van der Waals surface area contributed by atoms with Gasteiger partial charge in [-0.2, -0.15) is 113 Å². The maximum Gasteiger partial charge on any atom is 0.326 e. The number of nitrogens with two attached hydrogens (primary N) is 3. The molecule has 648 valence electrons. The van der Waals surface area contributed by atoms with E-state index in [1.807, 2.05) is 5.32 Å². The molecule has 2 aromatic heterocycles. The Labute approximate surface area is 722 Å². The summed E-state index contributed by atoms with van der Waals surface area (Å²) in [6.07, 6.45) is 2.99. The third kappa shape index (κ3) is 43.9. The smallest absolute Gasteiger partial charge is 0.326 e. The van der Waals surface area contributed by atoms with Crippen molar-refractivity contribution in [3.63, 3.8) is 0 Å². The van der Waals surface area contributed by atoms with E-state index in [4.69, 9.17) is 28.7 Å². The number of Topliss-reactive ketones (excluding diaryl/α,β-unsaturated/α-hetero) is 3. The molecule has 0 radical (unpaired) electrons. The molecule has 2 aromatic carbocycles. The Morgan fingerprint density at radius 2 is 1.03 bits per heavy atom. The molecule has 0 saturated carbocycles. The zero-order chi connectivity index (χ0) is 80.0. The van der Waals surface area contributed by atoms with Crippen molar-refractivity contribution in [1.29, 1.82) is 0 Å². The number of nitrogens with zero attached hydrogens (tertiary/aromatic N) is 3. The van der Waals surface area contributed by atoms with Crippen LogP contribution in [0.4, 0.5) is 21.2 Å². The van der Waals surface area contributed by atoms with E-state index in [0.717, 1.165) is 0 Å². The number of unbranched alkanes of at least 4 members (excludes halogenated alkanes) is 4. The van der Waals surface area contributed by atoms with Gasteiger partial charge in [-0.15, -0.1) is 12.3 Å². The molecule has 47 heteroatoms. The van der Waals surface area contributed by atoms with Crippen molar-refractivity contribution >= 4 is 226 Å². The lowest BCUT2D eigenvalue weighted by Gasteiger charge is -2.24. The number of aliphatic carboxylic acids is 6. The average molecular weight is 1780 g/mol. The summed E-state index contributed by atoms with van der Waals surface area (Å²) in [4.78, 5) is 229. The molecule has 4 rings (SSSR count). The summed E-state index contributed by atoms with van der Waals surface area (Å²) in [5.41, 5.74) is 18.4. The molecule has 0 unspecified atom stereocenters. The number of terminal acetylenes is 1. The maximum absolute atomic E-state index is 14.1. The number of hydrogen-bond donors (Lipinski definition) is 19. The highest BCUT2D eigenvalue weighted by atomic mass is 32.1. The SMILES string of the molecule is C#CC[C@H](CC(=O)[C@H](CCCCN)NC(=O)[C@H](CC(=O)O)CC(=O)[C@H](CC(=O)O)NC(=O)Cc1ccc(CNC(=O)NCCCC[C@H](NC(=O)N[C@@H](CCC(=O)O)C(=O)O)C(=O)O)cc1)C(=O)N[C@@H](CCCCCC(=O)CC[C@H](NC(=O)c1ccc(NCc2cnc3[nH]c(N)nc(=O)c3n2)cc1)C(=O)O)C(N)=O.S.S.S.S.S.S.S.S. The molecule has 116 heavy (non-hydrogen) atoms. The van der Waals surface area contributed by atoms with Gasteiger partial charge in [0.05, 0.1) is 61.6 Å². The minimum Gasteiger partial charge on any atom is -0.481 e. The minimum absolute atomic E-state index is 0. The van der Waals surface area contributed by atoms with Crippen LogP contribution in [0.1, 0.15) is 156 Å². The van der Waals surface area contributed by atoms with Gasteiger partial charge in [-0.25, -0.2) is 33.9 Å². The highest BCUT2D eigenvalue weighted by Gasteiger charge is 2.35. The number of hydrogen-bond acceptors (Lipinski definition) is 23. The van der Waals surface area contributed by atoms with E-state index in [-0.39, 0.29) is 240 Å². The number of rotatable bonds is 52. The van der Waals surface area contributed by atoms with E-state index >= 15 is 0 Å². The maximum atomic E-state index is 14.1. The fourth-order valence-corrected chi connectivity index (χ4v) is 10.8. The van der Waals surface area contributed by atoms with Gasteiger partial charge >= 0.3 is 53.4 Å². The summed E-state index contributed by atoms with van der Waals surface area (Å²) in [5, 5.41) is 79.1. The van der Waals surface area contributed by atoms with Crippen LogP contribution in [0.25, 0.3) is 11.2 Å². The number of anilines is 2. The molecular weight excluding hydrogens is 1680 g/mol. The second-order valence-corrected chi connectivity index (χ2v) is 25.2. The van der Waals surface area contributed by atoms with E-state index in [1.165, 1.54) is 30.5 Å². The number of nitrogens with one attached hydrogen (secondary N) is 10. The summed E-state index contributed by atoms with van der Waals surface area (Å²) in [5.74, 6) is -16.2. The second kappa shape index (κ2) is 60.8. The third-order valence-electron chi connectivity index (χ3n) is 16.6. The molecule has 9 amide bonds. The van der Waals surface area contributed by atoms with Crippen LogP contribution in [-0.4, -0.2) is 195 Å². The summed E-state index contributed by atoms with van der Waals surface area (Å²) in [6.45, 7) is 0.358. The lowest BCUT2D eigenvalue weighted by Crippen LogP contribution is -2.51. The number of aromatic amines is 1. The van der Waals surface area contributed by atoms with Gasteiger partial charge in [0.2, 0.25) is 29.6 Å². The molecule has 22 N–H and O–H groups in total. The Hall–Kier alpha value is -9.70. The number of H-pyrrole nitrogens is 1. The average Bonchev–Trinajstić information content (AvgIpc) is 0.810. The van der Waals surface area contributed by atoms with Gasteiger partial charge in [-0.3, -0.25) is 57.5 Å². The molecule has 0 spiro atoms. The normalized spacial score (nSPS) is 12.2. The standard InChI is InChI=1S/C69H90N16O23.8H2S/c1-2-10-40(61(98)80-46(58(71)96)13-5-3-4-11-44(86)23-24-48(65(103)104)81-60(97)39-19-21-42(22-20-39)74-35-43-36-75-59-57(77-43)63(100)85-67(72)84-59)30-51(87)45(12-6-8-27-70)79-62(99)41(32-55(92)93)31-52(88)50(33-56(94)95)78-53(89)29-37-15-17-38(18-16-37)34-76-68(107)73-28-9-7-14-47(64(101)102)82-69(108)83-49(66(105)106)25-26-54(90)91;;;;;;;;/h1,15-22,36,40-41,45-50,74H,3-14,23-35,70H2,(H2,71,96)(H,78,89)(H,79,99)(H,80,98)(H,81,97)(H,90,91)(H,92,93)(H,94,95)(H,101,102)(H,103,104)(H,105,106)(H2,73,76,107)(H2,82,83,108)(H3,72,75,84,85,100);8*1H2/t40-,41+,45+,46+,47+,48+,49+,50+;;;;;;;;/m1......../s1. The first-order valence-electron chi connectivity index (χ1n) is 34.3. The van der Waals surface area contributed by atoms with Gasteiger partial charge < -0.3 is 101 Å². The van der Waals surface area contributed by atoms with Crippen LogP contribution in [0, 0.1) is 24.2 Å². The summed E-state index contributed by atoms with van der Waals surface area (Å²) in [7, 11) is 0. The zero-order valence-corrected chi connectivity index (χ0v) is 70.8. The van der Waals surface area contributed by atoms with E-state index in [2.05, 4.69) is 68.4 Å². The fraction of sp³-hybridized carbons (Fsp3) is 0.478. The monoisotopic (exact) mass is 1780 g/mol. The summed E-state index contributed by atoms with van der Waals surface area (Å²) >= 11 is 0. The number of carboxylic acid groups (broad SMARTS) is 6. The Morgan fingerprint density at radius 3 is 1.60 bits per heavy atom. The van der Waals surface area contributed by atoms with Gasteiger partial charge in [-0.05, 0) is 106 Å². The van der Waals surface area contributed by atoms with Crippen molar-refractivity contribution in [2.75, 3.05) is 24.1 Å². The highest BCUT2D eigenvalue weighted by molar-refractivity contribution is 7.60. The molecule has 0 aliphatic heterocycles. The summed E-state index contributed by atoms with van der Waals surface area (Å²) in [6, 6.07) is 1.47. The molecule has 39 nitrogen and oxygen atoms in total. The van der Waals surface area contributed by atoms with Crippen LogP contribution in [0.3, 0.4) is 0 Å². The first-order valence-corrected chi connectivity index (χ1v) is 34.3. The Morgan fingerprint density at radius 1 is 0.500 bits per heavy atom. The number of primary amides is 1. The molecule has 4 aromatic rings. The molecule has 0 aliphatic carbocycles. The third-order valence-corrected chi connectivity index (χ3v) is 16.6. The van der Waals surface area contributed by atoms with Crippen molar-refractivity contribution in [3.8, 4) is 12.3 Å². The van der Waals surface area contributed by atoms with Gasteiger partial charge in [0, 0.05) is 62.9 Å². The Kier molecular flexibility index (Phi) is 60.2. The number of fused-ring (bicyclic) bond motifs is 1. The molecule has 0 aliphatic rings. The fourth-order valence-electron chi connectivity index (χ4n) is 10.8. The van der Waals surface area contributed by atoms with Gasteiger partial charge in [-0.1, -0.05) is 37.1 Å². The van der Waals surface area contributed by atoms with Crippen molar-refractivity contribution < 1.29 is 107 Å². The number of aromatic nitrogens is 4. The first kappa shape index (κ1) is 115. The van der Waals surface area contributed by atoms with Crippen LogP contribution in [0.15, 0.2) is 59.5 Å². The topological polar surface area (TPSA) is 652 Å². The number of amides is 9. The van der Waals surface area contributed by atoms with Crippen LogP contribution >= 0.6 is 108 Å². The van der Waals surface area contributed by atoms with Crippen LogP contribution in [0.5, 0.6) is 0 Å². The predicted octanol–water partition coefficient (Wildman–Crippen LogP) is 0.767. The Balaban J connectivity index is -0.00000513. The van der Waals surface area contributed by atoms with E-state index in [0.29, 0.717) is 35.3 Å². The van der Waals surface area contributed by atoms with Crippen LogP contribution < -0.4 is 70.6 Å². The zero-order valence-electron chi connectivity index (χ0n) is 62.8. The number of ketones is 3. The number of benzene rings is 2. The number of nitrogen functional groups attached to an aromatic ring is 1. The minimum atomic E-state index is -1.77. The van der Waals surface area contributed by atoms with E-state index < -0.39 is 188 Å². The quantitative estimate of drug-likeness (QED) is 0.0214. The molecule has 0 fully saturated rings. The number of urea groups is 2. The Bertz CT molecular complexity index is 4020. The molecule has 2 heterocycles. The first-order chi connectivity index (χ1) is 51.2. The van der Waals surface area contributed by atoms with Gasteiger partial charge in [0.15, 0.2) is 22.7 Å². The van der Waals surface area contributed by atoms with E-state index in [9.17, 15) is 107 Å². The predicted molar refractivity (Wildman–Crippen MR) is 463 cm³/mol. The molecule has 8 atom stereocenters. The van der Waals surface area contributed by atoms with Crippen molar-refractivity contribution in [2.45, 2.75) is 184 Å². The van der Waals surface area contributed by atoms with Gasteiger partial charge in [0.25, 0.3) is 5.91 Å². The summed E-state index contributed by atoms with van der Waals surface area (Å²) < 4.78 is 0. The number of carboxylic acids is 6. The molecular formula is C69H106N16O23S8. The highest BCUT2D eigenvalue weighted by Crippen LogP contribution is 2.20. The lowest BCUT2D eigenvalue weighted by molar-refractivity contribution is -0.144. The second-order valence-electron chi connectivity index (χ2n) is 25.2. The van der Waals surface area contributed by atoms with Crippen molar-refractivity contribution in [2.24, 2.45) is 23.3 Å². The number of carbonyl (C=O) groups is 16. The molecule has 0 bridgehead atoms. The largest absolute Gasteiger partial charge is 0.481 e. The van der Waals surface area contributed by atoms with Gasteiger partial charge in [0.1, 0.15) is 30.0 Å². The molecule has 0 saturated heterocycles. The van der Waals surface area contributed by atoms with E-state index in [1.54, 1.807) is 24.3 Å². The lowest BCUT2D eigenvalue weighted by atomic mass is 9.90. The number of carbonyl (C=O) groups excluding carboxylic acids is 10. The van der Waals surface area contributed by atoms with Crippen LogP contribution in [0.2, 0.25) is 0 Å².